The van der Waals surface area contributed by atoms with Crippen molar-refractivity contribution in [1.29, 1.82) is 0 Å². The van der Waals surface area contributed by atoms with Crippen LogP contribution in [0.4, 0.5) is 5.82 Å². The van der Waals surface area contributed by atoms with Gasteiger partial charge in [0.1, 0.15) is 6.33 Å². The Balaban J connectivity index is 1.45. The summed E-state index contributed by atoms with van der Waals surface area (Å²) >= 11 is 0. The van der Waals surface area contributed by atoms with Crippen molar-refractivity contribution in [2.75, 3.05) is 31.1 Å². The Hall–Kier alpha value is -2.25. The third-order valence-electron chi connectivity index (χ3n) is 4.87. The summed E-state index contributed by atoms with van der Waals surface area (Å²) in [4.78, 5) is 25.3. The van der Waals surface area contributed by atoms with E-state index in [9.17, 15) is 4.79 Å². The molecule has 2 aromatic heterocycles. The maximum atomic E-state index is 12.6. The van der Waals surface area contributed by atoms with Gasteiger partial charge in [0.25, 0.3) is 0 Å². The van der Waals surface area contributed by atoms with Gasteiger partial charge in [0.05, 0.1) is 5.92 Å². The number of aryl methyl sites for hydroxylation is 1. The highest BCUT2D eigenvalue weighted by Crippen LogP contribution is 2.29. The lowest BCUT2D eigenvalue weighted by molar-refractivity contribution is -0.138. The zero-order valence-corrected chi connectivity index (χ0v) is 13.5. The lowest BCUT2D eigenvalue weighted by atomic mass is 9.94. The van der Waals surface area contributed by atoms with Gasteiger partial charge in [-0.3, -0.25) is 4.79 Å². The monoisotopic (exact) mass is 315 g/mol. The number of hydrogen-bond donors (Lipinski definition) is 0. The molecule has 2 aromatic rings. The minimum atomic E-state index is 0.0713. The number of carbonyl (C=O) groups excluding carboxylic acids is 1. The molecule has 0 aromatic carbocycles. The summed E-state index contributed by atoms with van der Waals surface area (Å²) in [5, 5.41) is 8.14. The van der Waals surface area contributed by atoms with Crippen LogP contribution in [0.25, 0.3) is 11.2 Å². The molecule has 0 N–H and O–H groups in total. The molecular weight excluding hydrogens is 294 g/mol. The first-order valence-electron chi connectivity index (χ1n) is 8.17. The van der Waals surface area contributed by atoms with Crippen LogP contribution in [0.3, 0.4) is 0 Å². The predicted molar refractivity (Wildman–Crippen MR) is 84.8 cm³/mol. The van der Waals surface area contributed by atoms with E-state index in [2.05, 4.69) is 32.1 Å². The zero-order chi connectivity index (χ0) is 16.0. The molecule has 2 fully saturated rings. The second-order valence-corrected chi connectivity index (χ2v) is 6.72. The largest absolute Gasteiger partial charge is 0.353 e. The fourth-order valence-corrected chi connectivity index (χ4v) is 3.53. The molecule has 4 rings (SSSR count). The molecule has 1 unspecified atom stereocenters. The van der Waals surface area contributed by atoms with E-state index in [1.165, 1.54) is 12.7 Å². The van der Waals surface area contributed by atoms with Crippen LogP contribution in [0.5, 0.6) is 0 Å². The maximum absolute atomic E-state index is 12.6. The highest BCUT2D eigenvalue weighted by molar-refractivity contribution is 5.86. The minimum absolute atomic E-state index is 0.0713. The van der Waals surface area contributed by atoms with Crippen molar-refractivity contribution in [3.05, 3.63) is 6.33 Å². The van der Waals surface area contributed by atoms with Gasteiger partial charge in [0, 0.05) is 33.2 Å². The SMILES string of the molecule is CC1CCCN(C(=O)C2CN(c3ncnc4c3nnn4C)C2)C1. The first kappa shape index (κ1) is 14.3. The summed E-state index contributed by atoms with van der Waals surface area (Å²) < 4.78 is 1.64. The van der Waals surface area contributed by atoms with Gasteiger partial charge >= 0.3 is 0 Å². The van der Waals surface area contributed by atoms with Gasteiger partial charge in [0.2, 0.25) is 5.91 Å². The second kappa shape index (κ2) is 5.43. The summed E-state index contributed by atoms with van der Waals surface area (Å²) in [6, 6.07) is 0. The molecule has 0 radical (unpaired) electrons. The lowest BCUT2D eigenvalue weighted by Crippen LogP contribution is -2.56. The Bertz CT molecular complexity index is 737. The van der Waals surface area contributed by atoms with Gasteiger partial charge in [-0.2, -0.15) is 0 Å². The van der Waals surface area contributed by atoms with Gasteiger partial charge in [0.15, 0.2) is 17.0 Å². The van der Waals surface area contributed by atoms with Crippen molar-refractivity contribution in [2.45, 2.75) is 19.8 Å². The van der Waals surface area contributed by atoms with Crippen LogP contribution in [-0.2, 0) is 11.8 Å². The highest BCUT2D eigenvalue weighted by atomic mass is 16.2. The number of nitrogens with zero attached hydrogens (tertiary/aromatic N) is 7. The smallest absolute Gasteiger partial charge is 0.229 e. The molecule has 0 spiro atoms. The molecule has 4 heterocycles. The average molecular weight is 315 g/mol. The molecule has 0 aliphatic carbocycles. The number of rotatable bonds is 2. The predicted octanol–water partition coefficient (Wildman–Crippen LogP) is 0.453. The van der Waals surface area contributed by atoms with Gasteiger partial charge in [-0.15, -0.1) is 5.10 Å². The topological polar surface area (TPSA) is 80.0 Å². The van der Waals surface area contributed by atoms with Gasteiger partial charge in [-0.1, -0.05) is 12.1 Å². The third-order valence-corrected chi connectivity index (χ3v) is 4.87. The van der Waals surface area contributed by atoms with Gasteiger partial charge < -0.3 is 9.80 Å². The molecule has 0 saturated carbocycles. The van der Waals surface area contributed by atoms with E-state index in [0.717, 1.165) is 31.0 Å². The maximum Gasteiger partial charge on any atom is 0.229 e. The molecule has 8 nitrogen and oxygen atoms in total. The summed E-state index contributed by atoms with van der Waals surface area (Å²) in [5.74, 6) is 1.75. The van der Waals surface area contributed by atoms with E-state index < -0.39 is 0 Å². The van der Waals surface area contributed by atoms with Crippen molar-refractivity contribution in [3.63, 3.8) is 0 Å². The third kappa shape index (κ3) is 2.42. The number of fused-ring (bicyclic) bond motifs is 1. The molecular formula is C15H21N7O. The van der Waals surface area contributed by atoms with Crippen molar-refractivity contribution in [1.82, 2.24) is 29.9 Å². The quantitative estimate of drug-likeness (QED) is 0.800. The summed E-state index contributed by atoms with van der Waals surface area (Å²) in [7, 11) is 1.81. The zero-order valence-electron chi connectivity index (χ0n) is 13.5. The van der Waals surface area contributed by atoms with Crippen molar-refractivity contribution in [2.24, 2.45) is 18.9 Å². The summed E-state index contributed by atoms with van der Waals surface area (Å²) in [6.45, 7) is 5.43. The number of likely N-dealkylation sites (tertiary alicyclic amines) is 1. The number of carbonyl (C=O) groups is 1. The van der Waals surface area contributed by atoms with Gasteiger partial charge in [-0.25, -0.2) is 14.6 Å². The van der Waals surface area contributed by atoms with Crippen LogP contribution in [0, 0.1) is 11.8 Å². The second-order valence-electron chi connectivity index (χ2n) is 6.72. The number of aromatic nitrogens is 5. The van der Waals surface area contributed by atoms with Gasteiger partial charge in [-0.05, 0) is 18.8 Å². The molecule has 2 saturated heterocycles. The van der Waals surface area contributed by atoms with Crippen LogP contribution >= 0.6 is 0 Å². The molecule has 122 valence electrons. The van der Waals surface area contributed by atoms with E-state index in [0.29, 0.717) is 24.5 Å². The fraction of sp³-hybridized carbons (Fsp3) is 0.667. The van der Waals surface area contributed by atoms with Crippen molar-refractivity contribution in [3.8, 4) is 0 Å². The molecule has 2 aliphatic rings. The first-order valence-corrected chi connectivity index (χ1v) is 8.17. The standard InChI is InChI=1S/C15H21N7O/c1-10-4-3-5-21(6-10)15(23)11-7-22(8-11)14-12-13(16-9-17-14)20(2)19-18-12/h9-11H,3-8H2,1-2H3. The minimum Gasteiger partial charge on any atom is -0.353 e. The fourth-order valence-electron chi connectivity index (χ4n) is 3.53. The molecule has 2 aliphatic heterocycles. The molecule has 0 bridgehead atoms. The van der Waals surface area contributed by atoms with E-state index in [-0.39, 0.29) is 11.8 Å². The Kier molecular flexibility index (Phi) is 3.39. The number of amides is 1. The molecule has 23 heavy (non-hydrogen) atoms. The van der Waals surface area contributed by atoms with Crippen LogP contribution in [0.15, 0.2) is 6.33 Å². The first-order chi connectivity index (χ1) is 11.1. The Morgan fingerprint density at radius 3 is 2.87 bits per heavy atom. The van der Waals surface area contributed by atoms with Crippen LogP contribution in [0.1, 0.15) is 19.8 Å². The summed E-state index contributed by atoms with van der Waals surface area (Å²) in [5.41, 5.74) is 1.42. The average Bonchev–Trinajstić information content (AvgIpc) is 2.88. The molecule has 1 atom stereocenters. The van der Waals surface area contributed by atoms with E-state index in [1.807, 2.05) is 11.9 Å². The Morgan fingerprint density at radius 2 is 2.09 bits per heavy atom. The Morgan fingerprint density at radius 1 is 1.26 bits per heavy atom. The molecule has 1 amide bonds. The van der Waals surface area contributed by atoms with Crippen molar-refractivity contribution >= 4 is 22.9 Å². The number of piperidine rings is 1. The number of anilines is 1. The van der Waals surface area contributed by atoms with Crippen LogP contribution in [-0.4, -0.2) is 61.9 Å². The molecule has 8 heteroatoms. The Labute approximate surface area is 134 Å². The van der Waals surface area contributed by atoms with Crippen LogP contribution < -0.4 is 4.90 Å². The summed E-state index contributed by atoms with van der Waals surface area (Å²) in [6.07, 6.45) is 3.88. The van der Waals surface area contributed by atoms with Crippen LogP contribution in [0.2, 0.25) is 0 Å². The lowest BCUT2D eigenvalue weighted by Gasteiger charge is -2.42. The normalized spacial score (nSPS) is 22.4. The van der Waals surface area contributed by atoms with Crippen molar-refractivity contribution < 1.29 is 4.79 Å². The number of hydrogen-bond acceptors (Lipinski definition) is 6. The highest BCUT2D eigenvalue weighted by Gasteiger charge is 2.38. The van der Waals surface area contributed by atoms with E-state index in [1.54, 1.807) is 4.68 Å². The van der Waals surface area contributed by atoms with E-state index in [4.69, 9.17) is 0 Å². The van der Waals surface area contributed by atoms with E-state index >= 15 is 0 Å².